The summed E-state index contributed by atoms with van der Waals surface area (Å²) in [5.41, 5.74) is 5.66. The second-order valence-corrected chi connectivity index (χ2v) is 10.0. The van der Waals surface area contributed by atoms with E-state index in [0.717, 1.165) is 6.07 Å². The molecule has 1 rings (SSSR count). The quantitative estimate of drug-likeness (QED) is 0.351. The van der Waals surface area contributed by atoms with Crippen LogP contribution in [0.3, 0.4) is 0 Å². The lowest BCUT2D eigenvalue weighted by Gasteiger charge is -2.16. The molecule has 0 aliphatic rings. The molecule has 0 heterocycles. The molecule has 0 spiro atoms. The fraction of sp³-hybridized carbons (Fsp3) is 0.333. The molecule has 1 aromatic rings. The average Bonchev–Trinajstić information content (AvgIpc) is 2.34. The minimum absolute atomic E-state index is 0.290. The van der Waals surface area contributed by atoms with Gasteiger partial charge in [-0.05, 0) is 17.8 Å². The lowest BCUT2D eigenvalue weighted by atomic mass is 10.3. The maximum Gasteiger partial charge on any atom is 0.297 e. The molecular weight excluding hydrogens is 393 g/mol. The molecule has 0 saturated carbocycles. The van der Waals surface area contributed by atoms with Crippen LogP contribution in [0.5, 0.6) is 0 Å². The van der Waals surface area contributed by atoms with Gasteiger partial charge in [0.1, 0.15) is 14.7 Å². The Labute approximate surface area is 135 Å². The van der Waals surface area contributed by atoms with Gasteiger partial charge in [0, 0.05) is 5.78 Å². The van der Waals surface area contributed by atoms with Crippen LogP contribution in [0.4, 0.5) is 0 Å². The number of hydrogen-bond donors (Lipinski definition) is 4. The van der Waals surface area contributed by atoms with E-state index in [1.165, 1.54) is 0 Å². The van der Waals surface area contributed by atoms with E-state index in [2.05, 4.69) is 0 Å². The van der Waals surface area contributed by atoms with Crippen molar-refractivity contribution in [2.45, 2.75) is 33.8 Å². The zero-order chi connectivity index (χ0) is 18.2. The predicted octanol–water partition coefficient (Wildman–Crippen LogP) is -0.575. The molecule has 0 radical (unpaired) electrons. The molecule has 10 nitrogen and oxygen atoms in total. The maximum atomic E-state index is 11.5. The third-order valence-electron chi connectivity index (χ3n) is 2.65. The minimum Gasteiger partial charge on any atom is -0.324 e. The van der Waals surface area contributed by atoms with Crippen LogP contribution in [-0.4, -0.2) is 44.7 Å². The monoisotopic (exact) mass is 407 g/mol. The van der Waals surface area contributed by atoms with Crippen molar-refractivity contribution in [2.24, 2.45) is 5.73 Å². The van der Waals surface area contributed by atoms with Crippen molar-refractivity contribution in [3.63, 3.8) is 0 Å². The minimum atomic E-state index is -5.41. The first-order valence-electron chi connectivity index (χ1n) is 5.81. The van der Waals surface area contributed by atoms with E-state index in [1.807, 2.05) is 0 Å². The summed E-state index contributed by atoms with van der Waals surface area (Å²) < 4.78 is 96.0. The van der Waals surface area contributed by atoms with Crippen molar-refractivity contribution in [2.75, 3.05) is 0 Å². The zero-order valence-corrected chi connectivity index (χ0v) is 15.0. The van der Waals surface area contributed by atoms with Gasteiger partial charge in [0.2, 0.25) is 0 Å². The molecule has 0 aliphatic carbocycles. The first-order valence-corrected chi connectivity index (χ1v) is 11.2. The summed E-state index contributed by atoms with van der Waals surface area (Å²) in [6.45, 7) is 1.67. The van der Waals surface area contributed by atoms with E-state index in [9.17, 15) is 34.4 Å². The Hall–Kier alpha value is -0.660. The Balaban J connectivity index is 4.03. The van der Waals surface area contributed by atoms with Gasteiger partial charge in [-0.15, -0.1) is 0 Å². The van der Waals surface area contributed by atoms with E-state index in [4.69, 9.17) is 10.3 Å². The lowest BCUT2D eigenvalue weighted by molar-refractivity contribution is 0.456. The maximum absolute atomic E-state index is 11.5. The molecule has 1 aromatic carbocycles. The van der Waals surface area contributed by atoms with Crippen molar-refractivity contribution >= 4 is 44.2 Å². The molecule has 5 N–H and O–H groups in total. The molecule has 132 valence electrons. The van der Waals surface area contributed by atoms with E-state index >= 15 is 0 Å². The van der Waals surface area contributed by atoms with Crippen LogP contribution in [0.25, 0.3) is 0 Å². The van der Waals surface area contributed by atoms with Crippen LogP contribution in [-0.2, 0) is 30.4 Å². The van der Waals surface area contributed by atoms with Gasteiger partial charge in [0.05, 0.1) is 0 Å². The third-order valence-corrected chi connectivity index (χ3v) is 7.37. The summed E-state index contributed by atoms with van der Waals surface area (Å²) in [6.07, 6.45) is 0.380. The van der Waals surface area contributed by atoms with Crippen molar-refractivity contribution in [1.82, 2.24) is 0 Å². The van der Waals surface area contributed by atoms with Crippen LogP contribution < -0.4 is 11.0 Å². The Kier molecular flexibility index (Phi) is 5.93. The second kappa shape index (κ2) is 6.69. The fourth-order valence-electron chi connectivity index (χ4n) is 1.66. The molecule has 2 unspecified atom stereocenters. The van der Waals surface area contributed by atoms with Crippen LogP contribution >= 0.6 is 8.58 Å². The largest absolute Gasteiger partial charge is 0.324 e. The molecule has 2 atom stereocenters. The van der Waals surface area contributed by atoms with Crippen molar-refractivity contribution in [3.05, 3.63) is 12.1 Å². The molecular formula is C9H14NO9PS3. The van der Waals surface area contributed by atoms with Gasteiger partial charge >= 0.3 is 0 Å². The van der Waals surface area contributed by atoms with Crippen molar-refractivity contribution in [1.29, 1.82) is 0 Å². The smallest absolute Gasteiger partial charge is 0.297 e. The fourth-order valence-corrected chi connectivity index (χ4v) is 6.62. The Morgan fingerprint density at radius 1 is 0.957 bits per heavy atom. The first kappa shape index (κ1) is 20.4. The summed E-state index contributed by atoms with van der Waals surface area (Å²) in [5, 5.41) is -0.290. The van der Waals surface area contributed by atoms with Crippen molar-refractivity contribution in [3.8, 4) is 0 Å². The number of rotatable bonds is 6. The summed E-state index contributed by atoms with van der Waals surface area (Å²) >= 11 is 0. The molecule has 0 saturated heterocycles. The lowest BCUT2D eigenvalue weighted by Crippen LogP contribution is -2.24. The average molecular weight is 407 g/mol. The van der Waals surface area contributed by atoms with Crippen LogP contribution in [0.15, 0.2) is 26.8 Å². The van der Waals surface area contributed by atoms with Crippen LogP contribution in [0.1, 0.15) is 13.3 Å². The topological polar surface area (TPSA) is 189 Å². The number of nitrogens with two attached hydrogens (primary N) is 1. The normalized spacial score (nSPS) is 15.2. The molecule has 0 aromatic heterocycles. The Morgan fingerprint density at radius 3 is 1.78 bits per heavy atom. The van der Waals surface area contributed by atoms with Gasteiger partial charge in [-0.1, -0.05) is 21.6 Å². The standard InChI is InChI=1S/C9H14NO9PS3/c1-2-7(10)20-5-3-4-6(21(11,12)13)9(23(17,18)19)8(5)22(14,15)16/h3-4,7,20H,2,10H2,1H3,(H,11,12,13)(H,14,15,16)(H,17,18,19). The molecule has 14 heteroatoms. The van der Waals surface area contributed by atoms with Crippen molar-refractivity contribution < 1.29 is 38.9 Å². The van der Waals surface area contributed by atoms with Crippen LogP contribution in [0, 0.1) is 0 Å². The van der Waals surface area contributed by atoms with Gasteiger partial charge in [-0.25, -0.2) is 0 Å². The third kappa shape index (κ3) is 4.90. The Bertz CT molecular complexity index is 921. The van der Waals surface area contributed by atoms with Gasteiger partial charge in [-0.2, -0.15) is 25.3 Å². The molecule has 0 fully saturated rings. The second-order valence-electron chi connectivity index (χ2n) is 4.35. The predicted molar refractivity (Wildman–Crippen MR) is 82.1 cm³/mol. The van der Waals surface area contributed by atoms with Gasteiger partial charge < -0.3 is 5.73 Å². The SMILES string of the molecule is CCC(N)Pc1ccc(S(=O)(=O)O)c(S(=O)(=O)O)c1S(=O)(=O)O. The zero-order valence-electron chi connectivity index (χ0n) is 11.5. The molecule has 0 aliphatic heterocycles. The highest BCUT2D eigenvalue weighted by Gasteiger charge is 2.34. The summed E-state index contributed by atoms with van der Waals surface area (Å²) in [4.78, 5) is -4.31. The highest BCUT2D eigenvalue weighted by Crippen LogP contribution is 2.31. The van der Waals surface area contributed by atoms with Crippen LogP contribution in [0.2, 0.25) is 0 Å². The summed E-state index contributed by atoms with van der Waals surface area (Å²) in [6, 6.07) is 1.51. The van der Waals surface area contributed by atoms with Gasteiger partial charge in [0.15, 0.2) is 0 Å². The van der Waals surface area contributed by atoms with Gasteiger partial charge in [0.25, 0.3) is 30.4 Å². The highest BCUT2D eigenvalue weighted by molar-refractivity contribution is 7.91. The van der Waals surface area contributed by atoms with E-state index in [-0.39, 0.29) is 5.30 Å². The molecule has 23 heavy (non-hydrogen) atoms. The molecule has 0 amide bonds. The molecule has 0 bridgehead atoms. The number of hydrogen-bond acceptors (Lipinski definition) is 7. The first-order chi connectivity index (χ1) is 10.2. The van der Waals surface area contributed by atoms with Gasteiger partial charge in [-0.3, -0.25) is 13.7 Å². The van der Waals surface area contributed by atoms with E-state index in [0.29, 0.717) is 12.5 Å². The summed E-state index contributed by atoms with van der Waals surface area (Å²) in [7, 11) is -16.4. The number of benzene rings is 1. The van der Waals surface area contributed by atoms with E-state index in [1.54, 1.807) is 6.92 Å². The summed E-state index contributed by atoms with van der Waals surface area (Å²) in [5.74, 6) is -0.596. The Morgan fingerprint density at radius 2 is 1.43 bits per heavy atom. The highest BCUT2D eigenvalue weighted by atomic mass is 32.2. The van der Waals surface area contributed by atoms with E-state index < -0.39 is 59.4 Å².